The molecular formula is C21H23ClN4O4S2. The highest BCUT2D eigenvalue weighted by Crippen LogP contribution is 2.31. The Hall–Kier alpha value is -2.69. The fourth-order valence-corrected chi connectivity index (χ4v) is 5.35. The monoisotopic (exact) mass is 494 g/mol. The second-order valence-corrected chi connectivity index (χ2v) is 10.3. The van der Waals surface area contributed by atoms with Crippen LogP contribution in [-0.4, -0.2) is 43.9 Å². The van der Waals surface area contributed by atoms with E-state index in [1.54, 1.807) is 51.3 Å². The van der Waals surface area contributed by atoms with Crippen LogP contribution >= 0.6 is 22.9 Å². The highest BCUT2D eigenvalue weighted by Gasteiger charge is 2.33. The van der Waals surface area contributed by atoms with Gasteiger partial charge in [-0.05, 0) is 55.3 Å². The summed E-state index contributed by atoms with van der Waals surface area (Å²) < 4.78 is 31.6. The Bertz CT molecular complexity index is 1210. The number of nitrogens with zero attached hydrogens (tertiary/aromatic N) is 3. The van der Waals surface area contributed by atoms with E-state index in [-0.39, 0.29) is 11.6 Å². The molecule has 1 heterocycles. The Morgan fingerprint density at radius 2 is 1.91 bits per heavy atom. The van der Waals surface area contributed by atoms with Crippen LogP contribution in [-0.2, 0) is 14.8 Å². The molecule has 11 heteroatoms. The molecule has 0 bridgehead atoms. The molecule has 0 aliphatic rings. The number of amides is 1. The molecule has 0 aliphatic heterocycles. The lowest BCUT2D eigenvalue weighted by Gasteiger charge is -2.31. The molecule has 0 spiro atoms. The quantitative estimate of drug-likeness (QED) is 0.499. The Kier molecular flexibility index (Phi) is 7.37. The van der Waals surface area contributed by atoms with Gasteiger partial charge in [-0.15, -0.1) is 10.2 Å². The van der Waals surface area contributed by atoms with Crippen molar-refractivity contribution in [2.45, 2.75) is 26.3 Å². The number of benzene rings is 2. The van der Waals surface area contributed by atoms with Gasteiger partial charge in [0.2, 0.25) is 21.1 Å². The number of aryl methyl sites for hydroxylation is 1. The number of ether oxygens (including phenoxy) is 1. The molecule has 8 nitrogen and oxygen atoms in total. The van der Waals surface area contributed by atoms with Gasteiger partial charge in [0.1, 0.15) is 16.8 Å². The zero-order chi connectivity index (χ0) is 23.5. The second-order valence-electron chi connectivity index (χ2n) is 7.04. The Morgan fingerprint density at radius 1 is 1.22 bits per heavy atom. The Balaban J connectivity index is 1.87. The van der Waals surface area contributed by atoms with E-state index in [0.29, 0.717) is 21.3 Å². The van der Waals surface area contributed by atoms with Crippen molar-refractivity contribution in [2.75, 3.05) is 23.0 Å². The molecule has 0 fully saturated rings. The van der Waals surface area contributed by atoms with Crippen molar-refractivity contribution in [3.63, 3.8) is 0 Å². The molecule has 0 saturated carbocycles. The summed E-state index contributed by atoms with van der Waals surface area (Å²) in [6.07, 6.45) is 1.31. The standard InChI is InChI=1S/C21H23ClN4O4S2/c1-5-17(26(32(4,28)29)18-12-15(22)9-6-13(18)2)19(27)23-21-25-24-20(31-21)14-7-10-16(30-3)11-8-14/h6-12,17H,5H2,1-4H3,(H,23,25,27). The number of anilines is 2. The zero-order valence-corrected chi connectivity index (χ0v) is 20.4. The van der Waals surface area contributed by atoms with Crippen LogP contribution in [0.3, 0.4) is 0 Å². The van der Waals surface area contributed by atoms with Crippen molar-refractivity contribution >= 4 is 49.7 Å². The minimum atomic E-state index is -3.78. The number of nitrogens with one attached hydrogen (secondary N) is 1. The number of carbonyl (C=O) groups is 1. The maximum Gasteiger partial charge on any atom is 0.250 e. The molecule has 2 aromatic carbocycles. The van der Waals surface area contributed by atoms with Gasteiger partial charge in [0.25, 0.3) is 0 Å². The summed E-state index contributed by atoms with van der Waals surface area (Å²) >= 11 is 7.29. The first kappa shape index (κ1) is 24.0. The summed E-state index contributed by atoms with van der Waals surface area (Å²) in [5.74, 6) is 0.212. The summed E-state index contributed by atoms with van der Waals surface area (Å²) in [6.45, 7) is 3.51. The molecular weight excluding hydrogens is 472 g/mol. The van der Waals surface area contributed by atoms with Gasteiger partial charge in [-0.25, -0.2) is 8.42 Å². The van der Waals surface area contributed by atoms with Gasteiger partial charge in [0.15, 0.2) is 0 Å². The van der Waals surface area contributed by atoms with E-state index >= 15 is 0 Å². The molecule has 3 rings (SSSR count). The van der Waals surface area contributed by atoms with Crippen LogP contribution in [0.25, 0.3) is 10.6 Å². The summed E-state index contributed by atoms with van der Waals surface area (Å²) in [5, 5.41) is 12.1. The maximum atomic E-state index is 13.1. The van der Waals surface area contributed by atoms with Crippen LogP contribution in [0, 0.1) is 6.92 Å². The third kappa shape index (κ3) is 5.37. The molecule has 1 unspecified atom stereocenters. The lowest BCUT2D eigenvalue weighted by atomic mass is 10.1. The molecule has 3 aromatic rings. The molecule has 1 amide bonds. The molecule has 0 aliphatic carbocycles. The third-order valence-electron chi connectivity index (χ3n) is 4.73. The first-order valence-corrected chi connectivity index (χ1v) is 12.7. The highest BCUT2D eigenvalue weighted by molar-refractivity contribution is 7.92. The van der Waals surface area contributed by atoms with Crippen molar-refractivity contribution in [2.24, 2.45) is 0 Å². The first-order chi connectivity index (χ1) is 15.1. The number of aromatic nitrogens is 2. The molecule has 170 valence electrons. The lowest BCUT2D eigenvalue weighted by molar-refractivity contribution is -0.117. The number of hydrogen-bond acceptors (Lipinski definition) is 7. The van der Waals surface area contributed by atoms with Crippen molar-refractivity contribution in [1.29, 1.82) is 0 Å². The van der Waals surface area contributed by atoms with E-state index in [0.717, 1.165) is 21.9 Å². The van der Waals surface area contributed by atoms with Gasteiger partial charge < -0.3 is 4.74 Å². The van der Waals surface area contributed by atoms with Crippen molar-refractivity contribution < 1.29 is 17.9 Å². The lowest BCUT2D eigenvalue weighted by Crippen LogP contribution is -2.47. The summed E-state index contributed by atoms with van der Waals surface area (Å²) in [7, 11) is -2.20. The topological polar surface area (TPSA) is 101 Å². The van der Waals surface area contributed by atoms with E-state index < -0.39 is 22.0 Å². The molecule has 1 atom stereocenters. The third-order valence-corrected chi connectivity index (χ3v) is 7.02. The maximum absolute atomic E-state index is 13.1. The van der Waals surface area contributed by atoms with Crippen LogP contribution < -0.4 is 14.4 Å². The van der Waals surface area contributed by atoms with Crippen molar-refractivity contribution in [3.05, 3.63) is 53.1 Å². The Morgan fingerprint density at radius 3 is 2.50 bits per heavy atom. The van der Waals surface area contributed by atoms with Crippen LogP contribution in [0.1, 0.15) is 18.9 Å². The largest absolute Gasteiger partial charge is 0.497 e. The van der Waals surface area contributed by atoms with Crippen molar-refractivity contribution in [3.8, 4) is 16.3 Å². The minimum Gasteiger partial charge on any atom is -0.497 e. The highest BCUT2D eigenvalue weighted by atomic mass is 35.5. The minimum absolute atomic E-state index is 0.245. The van der Waals surface area contributed by atoms with E-state index in [1.165, 1.54) is 11.3 Å². The smallest absolute Gasteiger partial charge is 0.250 e. The summed E-state index contributed by atoms with van der Waals surface area (Å²) in [5.41, 5.74) is 1.87. The van der Waals surface area contributed by atoms with Gasteiger partial charge in [0.05, 0.1) is 19.1 Å². The van der Waals surface area contributed by atoms with Gasteiger partial charge in [-0.1, -0.05) is 35.9 Å². The molecule has 0 saturated heterocycles. The summed E-state index contributed by atoms with van der Waals surface area (Å²) in [6, 6.07) is 11.2. The molecule has 1 N–H and O–H groups in total. The zero-order valence-electron chi connectivity index (χ0n) is 18.0. The van der Waals surface area contributed by atoms with Gasteiger partial charge in [-0.2, -0.15) is 0 Å². The number of rotatable bonds is 8. The van der Waals surface area contributed by atoms with E-state index in [2.05, 4.69) is 15.5 Å². The summed E-state index contributed by atoms with van der Waals surface area (Å²) in [4.78, 5) is 13.1. The molecule has 0 radical (unpaired) electrons. The van der Waals surface area contributed by atoms with E-state index in [9.17, 15) is 13.2 Å². The predicted octanol–water partition coefficient (Wildman–Crippen LogP) is 4.36. The van der Waals surface area contributed by atoms with Gasteiger partial charge in [-0.3, -0.25) is 14.4 Å². The van der Waals surface area contributed by atoms with Crippen molar-refractivity contribution in [1.82, 2.24) is 10.2 Å². The Labute approximate surface area is 196 Å². The first-order valence-electron chi connectivity index (χ1n) is 9.68. The number of sulfonamides is 1. The van der Waals surface area contributed by atoms with E-state index in [1.807, 2.05) is 12.1 Å². The van der Waals surface area contributed by atoms with Crippen LogP contribution in [0.4, 0.5) is 10.8 Å². The number of hydrogen-bond donors (Lipinski definition) is 1. The second kappa shape index (κ2) is 9.85. The van der Waals surface area contributed by atoms with Gasteiger partial charge in [0, 0.05) is 10.6 Å². The van der Waals surface area contributed by atoms with Crippen LogP contribution in [0.15, 0.2) is 42.5 Å². The average Bonchev–Trinajstić information content (AvgIpc) is 3.21. The molecule has 32 heavy (non-hydrogen) atoms. The average molecular weight is 495 g/mol. The molecule has 1 aromatic heterocycles. The normalized spacial score (nSPS) is 12.3. The SMILES string of the molecule is CCC(C(=O)Nc1nnc(-c2ccc(OC)cc2)s1)N(c1cc(Cl)ccc1C)S(C)(=O)=O. The van der Waals surface area contributed by atoms with Crippen LogP contribution in [0.5, 0.6) is 5.75 Å². The van der Waals surface area contributed by atoms with Gasteiger partial charge >= 0.3 is 0 Å². The number of methoxy groups -OCH3 is 1. The predicted molar refractivity (Wildman–Crippen MR) is 128 cm³/mol. The van der Waals surface area contributed by atoms with Crippen LogP contribution in [0.2, 0.25) is 5.02 Å². The van der Waals surface area contributed by atoms with E-state index in [4.69, 9.17) is 16.3 Å². The fourth-order valence-electron chi connectivity index (χ4n) is 3.17. The number of carbonyl (C=O) groups excluding carboxylic acids is 1. The fraction of sp³-hybridized carbons (Fsp3) is 0.286. The number of halogens is 1.